The second-order valence-corrected chi connectivity index (χ2v) is 7.23. The summed E-state index contributed by atoms with van der Waals surface area (Å²) < 4.78 is 36.8. The fourth-order valence-corrected chi connectivity index (χ4v) is 3.42. The molecule has 0 spiro atoms. The van der Waals surface area contributed by atoms with Gasteiger partial charge >= 0.3 is 0 Å². The lowest BCUT2D eigenvalue weighted by Crippen LogP contribution is -2.12. The predicted octanol–water partition coefficient (Wildman–Crippen LogP) is 5.63. The van der Waals surface area contributed by atoms with Gasteiger partial charge in [0.25, 0.3) is 0 Å². The first-order chi connectivity index (χ1) is 13.5. The highest BCUT2D eigenvalue weighted by molar-refractivity contribution is 9.10. The number of hydrogen-bond donors (Lipinski definition) is 0. The van der Waals surface area contributed by atoms with E-state index in [4.69, 9.17) is 30.2 Å². The summed E-state index contributed by atoms with van der Waals surface area (Å²) in [4.78, 5) is 12.4. The quantitative estimate of drug-likeness (QED) is 0.487. The molecule has 1 aromatic heterocycles. The standard InChI is InChI=1S/C20H13BrClFO5/c21-13-9-15(23)12(8-18(13)25-5-4-19-26-6-7-27-19)17-10-16(24)11-2-1-3-14(22)20(11)28-17/h1-3,6-10,19H,4-5H2. The van der Waals surface area contributed by atoms with Crippen LogP contribution in [0.5, 0.6) is 5.75 Å². The fourth-order valence-electron chi connectivity index (χ4n) is 2.78. The molecule has 0 bridgehead atoms. The Morgan fingerprint density at radius 1 is 1.18 bits per heavy atom. The van der Waals surface area contributed by atoms with Gasteiger partial charge in [-0.3, -0.25) is 4.79 Å². The second kappa shape index (κ2) is 7.85. The van der Waals surface area contributed by atoms with E-state index in [9.17, 15) is 9.18 Å². The number of benzene rings is 2. The summed E-state index contributed by atoms with van der Waals surface area (Å²) in [5.74, 6) is -0.114. The van der Waals surface area contributed by atoms with Crippen LogP contribution in [0.25, 0.3) is 22.3 Å². The minimum Gasteiger partial charge on any atom is -0.492 e. The van der Waals surface area contributed by atoms with Crippen molar-refractivity contribution in [3.8, 4) is 17.1 Å². The molecule has 0 saturated heterocycles. The van der Waals surface area contributed by atoms with Crippen LogP contribution in [-0.4, -0.2) is 12.9 Å². The zero-order chi connectivity index (χ0) is 19.7. The van der Waals surface area contributed by atoms with Crippen LogP contribution in [0.15, 0.2) is 62.6 Å². The summed E-state index contributed by atoms with van der Waals surface area (Å²) in [6, 6.07) is 8.82. The summed E-state index contributed by atoms with van der Waals surface area (Å²) in [7, 11) is 0. The van der Waals surface area contributed by atoms with E-state index in [1.807, 2.05) is 0 Å². The number of rotatable bonds is 5. The van der Waals surface area contributed by atoms with Crippen LogP contribution in [0.3, 0.4) is 0 Å². The highest BCUT2D eigenvalue weighted by Crippen LogP contribution is 2.35. The molecule has 3 aromatic rings. The molecule has 5 nitrogen and oxygen atoms in total. The summed E-state index contributed by atoms with van der Waals surface area (Å²) in [5.41, 5.74) is -0.0156. The molecule has 28 heavy (non-hydrogen) atoms. The highest BCUT2D eigenvalue weighted by atomic mass is 79.9. The van der Waals surface area contributed by atoms with Crippen LogP contribution in [0, 0.1) is 5.82 Å². The lowest BCUT2D eigenvalue weighted by Gasteiger charge is -2.13. The molecule has 4 rings (SSSR count). The minimum atomic E-state index is -0.569. The number of fused-ring (bicyclic) bond motifs is 1. The first-order valence-corrected chi connectivity index (χ1v) is 9.50. The van der Waals surface area contributed by atoms with E-state index in [1.54, 1.807) is 18.2 Å². The topological polar surface area (TPSA) is 57.9 Å². The molecule has 2 aromatic carbocycles. The average molecular weight is 468 g/mol. The third-order valence-electron chi connectivity index (χ3n) is 4.12. The van der Waals surface area contributed by atoms with Gasteiger partial charge in [-0.05, 0) is 40.2 Å². The Hall–Kier alpha value is -2.51. The molecule has 2 heterocycles. The van der Waals surface area contributed by atoms with Crippen molar-refractivity contribution >= 4 is 38.5 Å². The summed E-state index contributed by atoms with van der Waals surface area (Å²) in [6.45, 7) is 0.281. The van der Waals surface area contributed by atoms with E-state index in [-0.39, 0.29) is 34.0 Å². The first kappa shape index (κ1) is 18.8. The van der Waals surface area contributed by atoms with E-state index in [2.05, 4.69) is 15.9 Å². The van der Waals surface area contributed by atoms with Gasteiger partial charge in [0.15, 0.2) is 11.0 Å². The van der Waals surface area contributed by atoms with E-state index in [1.165, 1.54) is 30.7 Å². The van der Waals surface area contributed by atoms with Gasteiger partial charge in [-0.15, -0.1) is 0 Å². The maximum absolute atomic E-state index is 14.6. The van der Waals surface area contributed by atoms with Gasteiger partial charge in [-0.2, -0.15) is 0 Å². The monoisotopic (exact) mass is 466 g/mol. The maximum atomic E-state index is 14.6. The van der Waals surface area contributed by atoms with E-state index >= 15 is 0 Å². The molecule has 0 fully saturated rings. The van der Waals surface area contributed by atoms with Crippen molar-refractivity contribution in [2.75, 3.05) is 6.61 Å². The van der Waals surface area contributed by atoms with E-state index < -0.39 is 12.1 Å². The van der Waals surface area contributed by atoms with Crippen molar-refractivity contribution in [3.05, 3.63) is 74.5 Å². The molecule has 0 unspecified atom stereocenters. The summed E-state index contributed by atoms with van der Waals surface area (Å²) in [5, 5.41) is 0.603. The molecule has 1 aliphatic rings. The summed E-state index contributed by atoms with van der Waals surface area (Å²) >= 11 is 9.41. The second-order valence-electron chi connectivity index (χ2n) is 5.96. The maximum Gasteiger partial charge on any atom is 0.242 e. The van der Waals surface area contributed by atoms with Crippen LogP contribution < -0.4 is 10.2 Å². The Labute approximate surface area is 172 Å². The van der Waals surface area contributed by atoms with Gasteiger partial charge in [-0.25, -0.2) is 4.39 Å². The summed E-state index contributed by atoms with van der Waals surface area (Å²) in [6.07, 6.45) is 3.00. The van der Waals surface area contributed by atoms with Crippen molar-refractivity contribution in [1.29, 1.82) is 0 Å². The SMILES string of the molecule is O=c1cc(-c2cc(OCCC3OC=CO3)c(Br)cc2F)oc2c(Cl)cccc12. The smallest absolute Gasteiger partial charge is 0.242 e. The van der Waals surface area contributed by atoms with Crippen LogP contribution in [0.1, 0.15) is 6.42 Å². The van der Waals surface area contributed by atoms with Crippen LogP contribution >= 0.6 is 27.5 Å². The molecular formula is C20H13BrClFO5. The third-order valence-corrected chi connectivity index (χ3v) is 5.04. The lowest BCUT2D eigenvalue weighted by atomic mass is 10.1. The number of halogens is 3. The van der Waals surface area contributed by atoms with Gasteiger partial charge in [0.05, 0.1) is 33.5 Å². The van der Waals surface area contributed by atoms with Gasteiger partial charge in [0, 0.05) is 6.07 Å². The Morgan fingerprint density at radius 3 is 2.75 bits per heavy atom. The van der Waals surface area contributed by atoms with Gasteiger partial charge in [0.1, 0.15) is 29.9 Å². The number of ether oxygens (including phenoxy) is 3. The first-order valence-electron chi connectivity index (χ1n) is 8.33. The van der Waals surface area contributed by atoms with Crippen molar-refractivity contribution in [1.82, 2.24) is 0 Å². The molecule has 0 atom stereocenters. The van der Waals surface area contributed by atoms with Crippen LogP contribution in [0.4, 0.5) is 4.39 Å². The van der Waals surface area contributed by atoms with Crippen LogP contribution in [0.2, 0.25) is 5.02 Å². The predicted molar refractivity (Wildman–Crippen MR) is 106 cm³/mol. The van der Waals surface area contributed by atoms with E-state index in [0.29, 0.717) is 22.0 Å². The van der Waals surface area contributed by atoms with Crippen molar-refractivity contribution in [3.63, 3.8) is 0 Å². The van der Waals surface area contributed by atoms with Crippen LogP contribution in [-0.2, 0) is 9.47 Å². The van der Waals surface area contributed by atoms with Gasteiger partial charge in [-0.1, -0.05) is 17.7 Å². The molecule has 144 valence electrons. The van der Waals surface area contributed by atoms with Gasteiger partial charge in [0.2, 0.25) is 6.29 Å². The molecule has 0 radical (unpaired) electrons. The zero-order valence-electron chi connectivity index (χ0n) is 14.3. The minimum absolute atomic E-state index is 0.0621. The van der Waals surface area contributed by atoms with Crippen molar-refractivity contribution in [2.45, 2.75) is 12.7 Å². The molecule has 0 N–H and O–H groups in total. The zero-order valence-corrected chi connectivity index (χ0v) is 16.6. The molecule has 8 heteroatoms. The number of hydrogen-bond acceptors (Lipinski definition) is 5. The van der Waals surface area contributed by atoms with Gasteiger partial charge < -0.3 is 18.6 Å². The largest absolute Gasteiger partial charge is 0.492 e. The Bertz CT molecular complexity index is 1120. The molecule has 0 amide bonds. The molecule has 0 aliphatic carbocycles. The average Bonchev–Trinajstić information content (AvgIpc) is 3.18. The third kappa shape index (κ3) is 3.72. The Balaban J connectivity index is 1.66. The lowest BCUT2D eigenvalue weighted by molar-refractivity contribution is -0.0354. The fraction of sp³-hybridized carbons (Fsp3) is 0.150. The highest BCUT2D eigenvalue weighted by Gasteiger charge is 2.17. The molecule has 1 aliphatic heterocycles. The molecule has 0 saturated carbocycles. The molecular weight excluding hydrogens is 455 g/mol. The van der Waals surface area contributed by atoms with Crippen molar-refractivity contribution in [2.24, 2.45) is 0 Å². The number of para-hydroxylation sites is 1. The Morgan fingerprint density at radius 2 is 1.96 bits per heavy atom. The van der Waals surface area contributed by atoms with Crippen molar-refractivity contribution < 1.29 is 23.0 Å². The van der Waals surface area contributed by atoms with E-state index in [0.717, 1.165) is 0 Å². The Kier molecular flexibility index (Phi) is 5.28. The normalized spacial score (nSPS) is 13.5.